The zero-order chi connectivity index (χ0) is 29.2. The second kappa shape index (κ2) is 14.8. The number of nitrogens with zero attached hydrogens (tertiary/aromatic N) is 1. The van der Waals surface area contributed by atoms with Crippen LogP contribution in [-0.2, 0) is 37.4 Å². The monoisotopic (exact) mass is 601 g/mol. The molecule has 1 aliphatic rings. The minimum atomic E-state index is -3.44. The first-order valence-corrected chi connectivity index (χ1v) is 16.4. The lowest BCUT2D eigenvalue weighted by Crippen LogP contribution is -2.36. The van der Waals surface area contributed by atoms with E-state index in [4.69, 9.17) is 18.9 Å². The molecule has 1 saturated heterocycles. The highest BCUT2D eigenvalue weighted by molar-refractivity contribution is 7.93. The number of carbonyl (C=O) groups excluding carboxylic acids is 1. The first-order chi connectivity index (χ1) is 19.8. The molecule has 8 nitrogen and oxygen atoms in total. The number of ether oxygens (including phenoxy) is 4. The highest BCUT2D eigenvalue weighted by Crippen LogP contribution is 2.33. The first kappa shape index (κ1) is 31.0. The van der Waals surface area contributed by atoms with Gasteiger partial charge in [0.2, 0.25) is 10.0 Å². The molecule has 0 spiro atoms. The molecular formula is C31H39NO7S2. The van der Waals surface area contributed by atoms with E-state index in [1.165, 1.54) is 22.8 Å². The van der Waals surface area contributed by atoms with Crippen LogP contribution < -0.4 is 9.04 Å². The van der Waals surface area contributed by atoms with Crippen molar-refractivity contribution in [2.45, 2.75) is 64.4 Å². The summed E-state index contributed by atoms with van der Waals surface area (Å²) in [5, 5.41) is 0. The van der Waals surface area contributed by atoms with E-state index >= 15 is 0 Å². The number of rotatable bonds is 15. The van der Waals surface area contributed by atoms with Crippen LogP contribution in [0.25, 0.3) is 0 Å². The summed E-state index contributed by atoms with van der Waals surface area (Å²) in [6.45, 7) is 3.22. The second-order valence-electron chi connectivity index (χ2n) is 10.1. The van der Waals surface area contributed by atoms with Gasteiger partial charge in [-0.1, -0.05) is 50.5 Å². The number of hydrogen-bond donors (Lipinski definition) is 0. The molecule has 1 aromatic heterocycles. The van der Waals surface area contributed by atoms with Gasteiger partial charge in [0.25, 0.3) is 0 Å². The van der Waals surface area contributed by atoms with Crippen molar-refractivity contribution in [1.82, 2.24) is 0 Å². The summed E-state index contributed by atoms with van der Waals surface area (Å²) in [5.74, 6) is 0.513. The molecule has 0 amide bonds. The van der Waals surface area contributed by atoms with Crippen molar-refractivity contribution in [2.24, 2.45) is 0 Å². The number of benzene rings is 2. The Kier molecular flexibility index (Phi) is 11.2. The highest BCUT2D eigenvalue weighted by atomic mass is 32.2. The quantitative estimate of drug-likeness (QED) is 0.145. The van der Waals surface area contributed by atoms with Crippen molar-refractivity contribution in [3.63, 3.8) is 0 Å². The molecule has 0 bridgehead atoms. The molecule has 0 aliphatic carbocycles. The maximum absolute atomic E-state index is 13.0. The number of esters is 1. The third-order valence-electron chi connectivity index (χ3n) is 7.14. The second-order valence-corrected chi connectivity index (χ2v) is 13.2. The summed E-state index contributed by atoms with van der Waals surface area (Å²) >= 11 is 1.31. The Bertz CT molecular complexity index is 1350. The molecule has 1 fully saturated rings. The lowest BCUT2D eigenvalue weighted by atomic mass is 10.0. The number of sulfonamides is 1. The molecule has 0 radical (unpaired) electrons. The van der Waals surface area contributed by atoms with Gasteiger partial charge in [0.15, 0.2) is 0 Å². The molecule has 2 atom stereocenters. The zero-order valence-corrected chi connectivity index (χ0v) is 25.5. The third kappa shape index (κ3) is 8.31. The largest absolute Gasteiger partial charge is 0.497 e. The van der Waals surface area contributed by atoms with Gasteiger partial charge in [-0.05, 0) is 60.4 Å². The van der Waals surface area contributed by atoms with E-state index in [-0.39, 0.29) is 30.5 Å². The van der Waals surface area contributed by atoms with Crippen LogP contribution in [0.5, 0.6) is 5.75 Å². The molecule has 10 heteroatoms. The number of carbonyl (C=O) groups is 1. The van der Waals surface area contributed by atoms with Gasteiger partial charge in [0, 0.05) is 4.88 Å². The number of methoxy groups -OCH3 is 2. The van der Waals surface area contributed by atoms with Crippen molar-refractivity contribution < 1.29 is 32.2 Å². The third-order valence-corrected chi connectivity index (χ3v) is 10.0. The zero-order valence-electron chi connectivity index (χ0n) is 23.9. The van der Waals surface area contributed by atoms with Gasteiger partial charge in [-0.15, -0.1) is 11.3 Å². The Morgan fingerprint density at radius 1 is 1.00 bits per heavy atom. The summed E-state index contributed by atoms with van der Waals surface area (Å²) < 4.78 is 49.8. The average molecular weight is 602 g/mol. The summed E-state index contributed by atoms with van der Waals surface area (Å²) in [5.41, 5.74) is 2.73. The molecule has 4 rings (SSSR count). The summed E-state index contributed by atoms with van der Waals surface area (Å²) in [6, 6.07) is 18.8. The van der Waals surface area contributed by atoms with Crippen LogP contribution >= 0.6 is 11.3 Å². The Hall–Kier alpha value is -2.92. The van der Waals surface area contributed by atoms with Crippen molar-refractivity contribution in [2.75, 3.05) is 30.9 Å². The smallest absolute Gasteiger partial charge is 0.348 e. The number of thiophene rings is 1. The Balaban J connectivity index is 1.41. The molecule has 2 aromatic carbocycles. The predicted octanol–water partition coefficient (Wildman–Crippen LogP) is 6.51. The minimum Gasteiger partial charge on any atom is -0.497 e. The van der Waals surface area contributed by atoms with Crippen molar-refractivity contribution in [3.8, 4) is 5.75 Å². The molecule has 0 saturated carbocycles. The Morgan fingerprint density at radius 2 is 1.76 bits per heavy atom. The first-order valence-electron chi connectivity index (χ1n) is 14.0. The van der Waals surface area contributed by atoms with E-state index in [1.54, 1.807) is 13.2 Å². The molecule has 2 heterocycles. The van der Waals surface area contributed by atoms with Crippen LogP contribution in [0, 0.1) is 0 Å². The standard InChI is InChI=1S/C31H39NO7S2/c1-4-5-6-7-29(39-20-23-8-14-27(36-2)15-9-23)24-10-12-25(13-11-24)32-26(18-19-41(32,34)35)21-38-22-28-16-17-30(40-28)31(33)37-3/h8-17,26,29H,4-7,18-22H2,1-3H3/t26?,29-/m0/s1. The topological polar surface area (TPSA) is 91.4 Å². The minimum absolute atomic E-state index is 0.0822. The van der Waals surface area contributed by atoms with Crippen molar-refractivity contribution >= 4 is 33.0 Å². The maximum Gasteiger partial charge on any atom is 0.348 e. The van der Waals surface area contributed by atoms with E-state index in [0.717, 1.165) is 47.4 Å². The van der Waals surface area contributed by atoms with Crippen LogP contribution in [0.15, 0.2) is 60.7 Å². The molecule has 41 heavy (non-hydrogen) atoms. The van der Waals surface area contributed by atoms with E-state index in [0.29, 0.717) is 30.2 Å². The maximum atomic E-state index is 13.0. The van der Waals surface area contributed by atoms with Gasteiger partial charge < -0.3 is 18.9 Å². The van der Waals surface area contributed by atoms with Crippen LogP contribution in [0.2, 0.25) is 0 Å². The van der Waals surface area contributed by atoms with E-state index in [2.05, 4.69) is 6.92 Å². The van der Waals surface area contributed by atoms with Crippen molar-refractivity contribution in [3.05, 3.63) is 81.5 Å². The van der Waals surface area contributed by atoms with E-state index in [1.807, 2.05) is 54.6 Å². The molecule has 1 unspecified atom stereocenters. The molecular weight excluding hydrogens is 562 g/mol. The molecule has 222 valence electrons. The lowest BCUT2D eigenvalue weighted by molar-refractivity contribution is 0.0322. The van der Waals surface area contributed by atoms with Crippen LogP contribution in [0.4, 0.5) is 5.69 Å². The highest BCUT2D eigenvalue weighted by Gasteiger charge is 2.37. The van der Waals surface area contributed by atoms with E-state index in [9.17, 15) is 13.2 Å². The molecule has 1 aliphatic heterocycles. The van der Waals surface area contributed by atoms with Crippen LogP contribution in [-0.4, -0.2) is 47.0 Å². The lowest BCUT2D eigenvalue weighted by Gasteiger charge is -2.26. The van der Waals surface area contributed by atoms with Gasteiger partial charge in [-0.3, -0.25) is 4.31 Å². The number of anilines is 1. The SMILES string of the molecule is CCCCC[C@H](OCc1ccc(OC)cc1)c1ccc(N2C(COCc3ccc(C(=O)OC)s3)CCS2(=O)=O)cc1. The fourth-order valence-electron chi connectivity index (χ4n) is 4.89. The Morgan fingerprint density at radius 3 is 2.44 bits per heavy atom. The fourth-order valence-corrected chi connectivity index (χ4v) is 7.59. The molecule has 3 aromatic rings. The number of unbranched alkanes of at least 4 members (excludes halogenated alkanes) is 2. The van der Waals surface area contributed by atoms with Crippen LogP contribution in [0.1, 0.15) is 70.8 Å². The summed E-state index contributed by atoms with van der Waals surface area (Å²) in [7, 11) is -0.446. The van der Waals surface area contributed by atoms with E-state index < -0.39 is 10.0 Å². The predicted molar refractivity (Wildman–Crippen MR) is 161 cm³/mol. The van der Waals surface area contributed by atoms with Gasteiger partial charge in [0.05, 0.1) is 57.6 Å². The van der Waals surface area contributed by atoms with Gasteiger partial charge in [-0.2, -0.15) is 0 Å². The number of hydrogen-bond acceptors (Lipinski definition) is 8. The fraction of sp³-hybridized carbons (Fsp3) is 0.452. The summed E-state index contributed by atoms with van der Waals surface area (Å²) in [4.78, 5) is 13.1. The molecule has 0 N–H and O–H groups in total. The van der Waals surface area contributed by atoms with Crippen LogP contribution in [0.3, 0.4) is 0 Å². The van der Waals surface area contributed by atoms with Gasteiger partial charge in [0.1, 0.15) is 10.6 Å². The normalized spacial score (nSPS) is 17.0. The van der Waals surface area contributed by atoms with Gasteiger partial charge in [-0.25, -0.2) is 13.2 Å². The van der Waals surface area contributed by atoms with Crippen molar-refractivity contribution in [1.29, 1.82) is 0 Å². The average Bonchev–Trinajstić information content (AvgIpc) is 3.58. The Labute approximate surface area is 247 Å². The summed E-state index contributed by atoms with van der Waals surface area (Å²) in [6.07, 6.45) is 4.60. The van der Waals surface area contributed by atoms with Gasteiger partial charge >= 0.3 is 5.97 Å².